The number of unbranched alkanes of at least 4 members (excludes halogenated alkanes) is 38. The van der Waals surface area contributed by atoms with E-state index < -0.39 is 97.5 Å². The van der Waals surface area contributed by atoms with Gasteiger partial charge in [-0.2, -0.15) is 0 Å². The van der Waals surface area contributed by atoms with E-state index in [4.69, 9.17) is 37.0 Å². The number of esters is 4. The van der Waals surface area contributed by atoms with Crippen LogP contribution in [-0.2, 0) is 65.4 Å². The van der Waals surface area contributed by atoms with Gasteiger partial charge in [0.05, 0.1) is 26.4 Å². The van der Waals surface area contributed by atoms with Gasteiger partial charge in [-0.25, -0.2) is 9.13 Å². The molecule has 0 bridgehead atoms. The van der Waals surface area contributed by atoms with E-state index in [9.17, 15) is 43.2 Å². The summed E-state index contributed by atoms with van der Waals surface area (Å²) in [7, 11) is -9.93. The second-order valence-corrected chi connectivity index (χ2v) is 31.5. The lowest BCUT2D eigenvalue weighted by Gasteiger charge is -2.21. The second kappa shape index (κ2) is 68.0. The molecule has 572 valence electrons. The Balaban J connectivity index is 5.21. The summed E-state index contributed by atoms with van der Waals surface area (Å²) in [5.74, 6) is 0.114. The van der Waals surface area contributed by atoms with Gasteiger partial charge in [0.15, 0.2) is 12.2 Å². The summed E-state index contributed by atoms with van der Waals surface area (Å²) in [6.07, 6.45) is 57.9. The molecule has 0 aromatic heterocycles. The van der Waals surface area contributed by atoms with Crippen LogP contribution in [-0.4, -0.2) is 96.7 Å². The van der Waals surface area contributed by atoms with Crippen LogP contribution >= 0.6 is 15.6 Å². The molecule has 0 aromatic rings. The number of phosphoric acid groups is 2. The highest BCUT2D eigenvalue weighted by Crippen LogP contribution is 2.45. The molecule has 0 aliphatic rings. The zero-order chi connectivity index (χ0) is 71.6. The van der Waals surface area contributed by atoms with E-state index in [2.05, 4.69) is 72.8 Å². The van der Waals surface area contributed by atoms with Crippen molar-refractivity contribution in [2.75, 3.05) is 39.6 Å². The molecule has 0 aromatic carbocycles. The van der Waals surface area contributed by atoms with Crippen molar-refractivity contribution in [3.05, 3.63) is 24.3 Å². The van der Waals surface area contributed by atoms with E-state index >= 15 is 0 Å². The number of ether oxygens (including phenoxy) is 4. The van der Waals surface area contributed by atoms with Crippen LogP contribution in [0.15, 0.2) is 24.3 Å². The SMILES string of the molecule is CCCCCC/C=C\C=C/CCCCCCCC(=O)OC[C@H](COP(=O)(O)OC[C@@H](O)COP(=O)(O)OC[C@@H](COC(=O)CCCCCCCCC(C)CC)OC(=O)CCCCCCCCCCCCCCCCCCCCC(C)C)OC(=O)CCCCCCCCCCC(C)C. The first-order valence-electron chi connectivity index (χ1n) is 39.7. The number of aliphatic hydroxyl groups is 1. The van der Waals surface area contributed by atoms with Gasteiger partial charge in [-0.3, -0.25) is 37.3 Å². The van der Waals surface area contributed by atoms with Crippen molar-refractivity contribution in [1.82, 2.24) is 0 Å². The fourth-order valence-electron chi connectivity index (χ4n) is 11.4. The van der Waals surface area contributed by atoms with Gasteiger partial charge in [0.25, 0.3) is 0 Å². The number of rotatable bonds is 74. The number of aliphatic hydroxyl groups excluding tert-OH is 1. The Bertz CT molecular complexity index is 1980. The van der Waals surface area contributed by atoms with Crippen LogP contribution in [0.3, 0.4) is 0 Å². The first kappa shape index (κ1) is 94.5. The van der Waals surface area contributed by atoms with Crippen LogP contribution in [0.5, 0.6) is 0 Å². The largest absolute Gasteiger partial charge is 0.472 e. The summed E-state index contributed by atoms with van der Waals surface area (Å²) in [5, 5.41) is 10.6. The Kier molecular flexibility index (Phi) is 66.3. The molecule has 6 atom stereocenters. The molecular formula is C78H148O17P2. The monoisotopic (exact) mass is 1420 g/mol. The third kappa shape index (κ3) is 70.4. The molecule has 0 heterocycles. The molecule has 0 saturated carbocycles. The summed E-state index contributed by atoms with van der Waals surface area (Å²) in [6.45, 7) is 11.8. The third-order valence-corrected chi connectivity index (χ3v) is 19.8. The minimum atomic E-state index is -4.96. The number of carbonyl (C=O) groups excluding carboxylic acids is 4. The average Bonchev–Trinajstić information content (AvgIpc) is 2.16. The van der Waals surface area contributed by atoms with Gasteiger partial charge < -0.3 is 33.8 Å². The van der Waals surface area contributed by atoms with E-state index in [0.717, 1.165) is 127 Å². The third-order valence-electron chi connectivity index (χ3n) is 17.9. The Morgan fingerprint density at radius 2 is 0.608 bits per heavy atom. The van der Waals surface area contributed by atoms with Crippen LogP contribution in [0.1, 0.15) is 376 Å². The lowest BCUT2D eigenvalue weighted by atomic mass is 10.00. The minimum Gasteiger partial charge on any atom is -0.462 e. The predicted molar refractivity (Wildman–Crippen MR) is 395 cm³/mol. The van der Waals surface area contributed by atoms with Gasteiger partial charge in [-0.1, -0.05) is 323 Å². The number of phosphoric ester groups is 2. The lowest BCUT2D eigenvalue weighted by Crippen LogP contribution is -2.30. The molecule has 17 nitrogen and oxygen atoms in total. The topological polar surface area (TPSA) is 237 Å². The molecule has 0 aliphatic heterocycles. The minimum absolute atomic E-state index is 0.0974. The average molecular weight is 1420 g/mol. The van der Waals surface area contributed by atoms with E-state index in [-0.39, 0.29) is 25.7 Å². The smallest absolute Gasteiger partial charge is 0.462 e. The van der Waals surface area contributed by atoms with Crippen molar-refractivity contribution in [3.63, 3.8) is 0 Å². The first-order valence-corrected chi connectivity index (χ1v) is 42.7. The van der Waals surface area contributed by atoms with Gasteiger partial charge in [-0.05, 0) is 69.1 Å². The van der Waals surface area contributed by atoms with Crippen molar-refractivity contribution in [2.45, 2.75) is 394 Å². The summed E-state index contributed by atoms with van der Waals surface area (Å²) in [5.41, 5.74) is 0. The van der Waals surface area contributed by atoms with Crippen molar-refractivity contribution >= 4 is 39.5 Å². The second-order valence-electron chi connectivity index (χ2n) is 28.6. The van der Waals surface area contributed by atoms with Crippen LogP contribution in [0, 0.1) is 17.8 Å². The van der Waals surface area contributed by atoms with Crippen molar-refractivity contribution in [2.24, 2.45) is 17.8 Å². The normalized spacial score (nSPS) is 14.5. The fourth-order valence-corrected chi connectivity index (χ4v) is 13.0. The van der Waals surface area contributed by atoms with Crippen molar-refractivity contribution < 1.29 is 80.2 Å². The Morgan fingerprint density at radius 1 is 0.340 bits per heavy atom. The molecule has 0 fully saturated rings. The van der Waals surface area contributed by atoms with Gasteiger partial charge in [-0.15, -0.1) is 0 Å². The van der Waals surface area contributed by atoms with Gasteiger partial charge in [0, 0.05) is 25.7 Å². The van der Waals surface area contributed by atoms with Gasteiger partial charge in [0.1, 0.15) is 19.3 Å². The van der Waals surface area contributed by atoms with Gasteiger partial charge in [0.2, 0.25) is 0 Å². The molecule has 0 saturated heterocycles. The van der Waals surface area contributed by atoms with E-state index in [1.165, 1.54) is 161 Å². The highest BCUT2D eigenvalue weighted by Gasteiger charge is 2.30. The molecule has 3 unspecified atom stereocenters. The number of allylic oxidation sites excluding steroid dienone is 4. The summed E-state index contributed by atoms with van der Waals surface area (Å²) in [4.78, 5) is 72.8. The molecule has 97 heavy (non-hydrogen) atoms. The quantitative estimate of drug-likeness (QED) is 0.0169. The molecular weight excluding hydrogens is 1270 g/mol. The number of carbonyl (C=O) groups is 4. The van der Waals surface area contributed by atoms with Crippen LogP contribution < -0.4 is 0 Å². The Labute approximate surface area is 592 Å². The lowest BCUT2D eigenvalue weighted by molar-refractivity contribution is -0.161. The number of hydrogen-bond acceptors (Lipinski definition) is 15. The van der Waals surface area contributed by atoms with E-state index in [0.29, 0.717) is 31.6 Å². The van der Waals surface area contributed by atoms with Crippen molar-refractivity contribution in [3.8, 4) is 0 Å². The van der Waals surface area contributed by atoms with Crippen LogP contribution in [0.25, 0.3) is 0 Å². The van der Waals surface area contributed by atoms with Gasteiger partial charge >= 0.3 is 39.5 Å². The first-order chi connectivity index (χ1) is 46.8. The summed E-state index contributed by atoms with van der Waals surface area (Å²) < 4.78 is 68.5. The molecule has 0 spiro atoms. The highest BCUT2D eigenvalue weighted by molar-refractivity contribution is 7.47. The van der Waals surface area contributed by atoms with Crippen molar-refractivity contribution in [1.29, 1.82) is 0 Å². The van der Waals surface area contributed by atoms with Crippen LogP contribution in [0.4, 0.5) is 0 Å². The van der Waals surface area contributed by atoms with E-state index in [1.54, 1.807) is 0 Å². The maximum Gasteiger partial charge on any atom is 0.472 e. The molecule has 3 N–H and O–H groups in total. The highest BCUT2D eigenvalue weighted by atomic mass is 31.2. The zero-order valence-electron chi connectivity index (χ0n) is 63.0. The summed E-state index contributed by atoms with van der Waals surface area (Å²) in [6, 6.07) is 0. The summed E-state index contributed by atoms with van der Waals surface area (Å²) >= 11 is 0. The maximum absolute atomic E-state index is 13.1. The molecule has 19 heteroatoms. The van der Waals surface area contributed by atoms with Crippen LogP contribution in [0.2, 0.25) is 0 Å². The maximum atomic E-state index is 13.1. The fraction of sp³-hybridized carbons (Fsp3) is 0.897. The zero-order valence-corrected chi connectivity index (χ0v) is 64.8. The molecule has 0 radical (unpaired) electrons. The predicted octanol–water partition coefficient (Wildman–Crippen LogP) is 22.5. The standard InChI is InChI=1S/C78H148O17P2/c1-8-10-11-12-13-14-15-16-21-25-28-31-37-45-52-59-75(80)88-65-73(95-78(83)62-55-48-39-34-33-36-43-50-57-70(5)6)67-92-96(84,85)90-63-72(79)64-91-97(86,87)93-68-74(66-89-76(81)60-53-46-41-40-44-51-58-71(7)9-2)94-77(82)61-54-47-38-32-29-26-23-20-18-17-19-22-24-27-30-35-42-49-56-69(3)4/h14-16,21,69-74,79H,8-13,17-20,22-68H2,1-7H3,(H,84,85)(H,86,87)/b15-14-,21-16-/t71?,72-,73-,74-/m1/s1. The van der Waals surface area contributed by atoms with E-state index in [1.807, 2.05) is 0 Å². The Morgan fingerprint density at radius 3 is 0.918 bits per heavy atom. The Hall–Kier alpha value is -2.46. The molecule has 0 aliphatic carbocycles. The molecule has 0 amide bonds. The molecule has 0 rings (SSSR count). The number of hydrogen-bond donors (Lipinski definition) is 3.